The number of pyridine rings is 1. The number of hydrogen-bond acceptors (Lipinski definition) is 7. The van der Waals surface area contributed by atoms with Gasteiger partial charge in [0.1, 0.15) is 22.9 Å². The fourth-order valence-corrected chi connectivity index (χ4v) is 6.38. The summed E-state index contributed by atoms with van der Waals surface area (Å²) in [5, 5.41) is 3.48. The van der Waals surface area contributed by atoms with Crippen LogP contribution in [0.2, 0.25) is 0 Å². The normalized spacial score (nSPS) is 22.8. The molecule has 12 heteroatoms. The third-order valence-corrected chi connectivity index (χ3v) is 8.65. The van der Waals surface area contributed by atoms with Crippen LogP contribution >= 0.6 is 0 Å². The maximum Gasteiger partial charge on any atom is 0.416 e. The summed E-state index contributed by atoms with van der Waals surface area (Å²) in [7, 11) is -3.86. The quantitative estimate of drug-likeness (QED) is 0.435. The molecule has 1 saturated carbocycles. The van der Waals surface area contributed by atoms with Crippen LogP contribution in [0.15, 0.2) is 66.1 Å². The van der Waals surface area contributed by atoms with E-state index in [9.17, 15) is 21.6 Å². The molecule has 0 unspecified atom stereocenters. The van der Waals surface area contributed by atoms with E-state index in [1.807, 2.05) is 0 Å². The first-order chi connectivity index (χ1) is 18.2. The molecule has 0 radical (unpaired) electrons. The fourth-order valence-electron chi connectivity index (χ4n) is 5.43. The van der Waals surface area contributed by atoms with Crippen molar-refractivity contribution < 1.29 is 21.6 Å². The molecule has 1 aromatic carbocycles. The van der Waals surface area contributed by atoms with E-state index in [0.29, 0.717) is 5.82 Å². The van der Waals surface area contributed by atoms with Crippen LogP contribution in [0.5, 0.6) is 0 Å². The Kier molecular flexibility index (Phi) is 7.53. The Bertz CT molecular complexity index is 1330. The highest BCUT2D eigenvalue weighted by molar-refractivity contribution is 7.92. The molecule has 38 heavy (non-hydrogen) atoms. The van der Waals surface area contributed by atoms with E-state index in [1.165, 1.54) is 43.0 Å². The van der Waals surface area contributed by atoms with Gasteiger partial charge in [-0.15, -0.1) is 0 Å². The first-order valence-electron chi connectivity index (χ1n) is 12.6. The summed E-state index contributed by atoms with van der Waals surface area (Å²) in [6, 6.07) is 10.4. The molecule has 2 aliphatic rings. The van der Waals surface area contributed by atoms with Crippen molar-refractivity contribution in [1.29, 1.82) is 0 Å². The number of likely N-dealkylation sites (tertiary alicyclic amines) is 1. The zero-order valence-electron chi connectivity index (χ0n) is 20.6. The lowest BCUT2D eigenvalue weighted by Crippen LogP contribution is -2.49. The molecule has 1 aliphatic carbocycles. The monoisotopic (exact) mass is 546 g/mol. The molecule has 1 aliphatic heterocycles. The predicted molar refractivity (Wildman–Crippen MR) is 137 cm³/mol. The zero-order chi connectivity index (χ0) is 26.8. The topological polar surface area (TPSA) is 100 Å². The molecule has 3 aromatic rings. The molecular formula is C26H29F3N6O2S. The molecule has 3 heterocycles. The Morgan fingerprint density at radius 1 is 0.974 bits per heavy atom. The van der Waals surface area contributed by atoms with Crippen molar-refractivity contribution in [2.24, 2.45) is 0 Å². The Hall–Kier alpha value is -3.25. The fraction of sp³-hybridized carbons (Fsp3) is 0.423. The second-order valence-corrected chi connectivity index (χ2v) is 11.5. The molecule has 3 atom stereocenters. The summed E-state index contributed by atoms with van der Waals surface area (Å²) in [4.78, 5) is 14.4. The number of anilines is 2. The van der Waals surface area contributed by atoms with Crippen LogP contribution in [0.4, 0.5) is 24.8 Å². The number of hydrogen-bond donors (Lipinski definition) is 2. The van der Waals surface area contributed by atoms with E-state index >= 15 is 0 Å². The van der Waals surface area contributed by atoms with Gasteiger partial charge in [-0.2, -0.15) is 13.2 Å². The van der Waals surface area contributed by atoms with Crippen molar-refractivity contribution in [3.8, 4) is 0 Å². The number of rotatable bonds is 7. The Morgan fingerprint density at radius 3 is 2.47 bits per heavy atom. The summed E-state index contributed by atoms with van der Waals surface area (Å²) in [6.45, 7) is 1.91. The first kappa shape index (κ1) is 26.4. The number of alkyl halides is 3. The first-order valence-corrected chi connectivity index (χ1v) is 14.1. The molecular weight excluding hydrogens is 517 g/mol. The number of benzene rings is 1. The lowest BCUT2D eigenvalue weighted by atomic mass is 9.77. The summed E-state index contributed by atoms with van der Waals surface area (Å²) in [5.41, 5.74) is 0.118. The van der Waals surface area contributed by atoms with Gasteiger partial charge in [0, 0.05) is 24.5 Å². The van der Waals surface area contributed by atoms with Crippen LogP contribution in [0, 0.1) is 0 Å². The Balaban J connectivity index is 1.30. The number of halogens is 3. The summed E-state index contributed by atoms with van der Waals surface area (Å²) < 4.78 is 67.7. The molecule has 5 rings (SSSR count). The van der Waals surface area contributed by atoms with Crippen molar-refractivity contribution in [2.75, 3.05) is 23.1 Å². The SMILES string of the molecule is O=S(=O)(Nc1ccncn1)c1ccc(N[C@H]2CC[C@H](c3cccc(C(F)(F)F)c3)C[C@@H]2N2CCCC2)nc1. The zero-order valence-corrected chi connectivity index (χ0v) is 21.4. The number of sulfonamides is 1. The van der Waals surface area contributed by atoms with Gasteiger partial charge in [-0.05, 0) is 80.9 Å². The van der Waals surface area contributed by atoms with Crippen molar-refractivity contribution in [3.05, 3.63) is 72.3 Å². The largest absolute Gasteiger partial charge is 0.416 e. The molecule has 2 aromatic heterocycles. The van der Waals surface area contributed by atoms with Gasteiger partial charge in [0.2, 0.25) is 0 Å². The minimum Gasteiger partial charge on any atom is -0.366 e. The standard InChI is InChI=1S/C26H29F3N6O2S/c27-26(28,29)20-5-3-4-18(14-20)19-6-8-22(23(15-19)35-12-1-2-13-35)33-24-9-7-21(16-31-24)38(36,37)34-25-10-11-30-17-32-25/h3-5,7,9-11,14,16-17,19,22-23H,1-2,6,8,12-13,15H2,(H,31,33)(H,30,32,34)/t19-,22-,23-/m0/s1. The van der Waals surface area contributed by atoms with E-state index in [-0.39, 0.29) is 28.7 Å². The minimum atomic E-state index is -4.36. The molecule has 8 nitrogen and oxygen atoms in total. The highest BCUT2D eigenvalue weighted by Crippen LogP contribution is 2.39. The average Bonchev–Trinajstić information content (AvgIpc) is 3.44. The highest BCUT2D eigenvalue weighted by Gasteiger charge is 2.37. The van der Waals surface area contributed by atoms with Crippen LogP contribution in [0.25, 0.3) is 0 Å². The van der Waals surface area contributed by atoms with Crippen molar-refractivity contribution in [3.63, 3.8) is 0 Å². The van der Waals surface area contributed by atoms with E-state index in [2.05, 4.69) is 29.9 Å². The van der Waals surface area contributed by atoms with Gasteiger partial charge in [-0.3, -0.25) is 9.62 Å². The second kappa shape index (κ2) is 10.9. The van der Waals surface area contributed by atoms with E-state index in [1.54, 1.807) is 12.1 Å². The van der Waals surface area contributed by atoms with Crippen LogP contribution in [-0.4, -0.2) is 53.4 Å². The predicted octanol–water partition coefficient (Wildman–Crippen LogP) is 4.90. The maximum absolute atomic E-state index is 13.3. The number of aromatic nitrogens is 3. The maximum atomic E-state index is 13.3. The molecule has 202 valence electrons. The molecule has 1 saturated heterocycles. The third-order valence-electron chi connectivity index (χ3n) is 7.31. The third kappa shape index (κ3) is 6.07. The molecule has 0 amide bonds. The second-order valence-electron chi connectivity index (χ2n) is 9.77. The lowest BCUT2D eigenvalue weighted by Gasteiger charge is -2.42. The smallest absolute Gasteiger partial charge is 0.366 e. The molecule has 2 N–H and O–H groups in total. The van der Waals surface area contributed by atoms with Gasteiger partial charge in [-0.25, -0.2) is 23.4 Å². The average molecular weight is 547 g/mol. The van der Waals surface area contributed by atoms with Crippen molar-refractivity contribution in [2.45, 2.75) is 61.2 Å². The van der Waals surface area contributed by atoms with Gasteiger partial charge in [-0.1, -0.05) is 18.2 Å². The van der Waals surface area contributed by atoms with Gasteiger partial charge in [0.15, 0.2) is 0 Å². The van der Waals surface area contributed by atoms with Gasteiger partial charge < -0.3 is 5.32 Å². The molecule has 0 spiro atoms. The number of nitrogens with one attached hydrogen (secondary N) is 2. The highest BCUT2D eigenvalue weighted by atomic mass is 32.2. The summed E-state index contributed by atoms with van der Waals surface area (Å²) in [5.74, 6) is 0.750. The van der Waals surface area contributed by atoms with Gasteiger partial charge >= 0.3 is 6.18 Å². The van der Waals surface area contributed by atoms with Crippen molar-refractivity contribution in [1.82, 2.24) is 19.9 Å². The minimum absolute atomic E-state index is 0.00556. The summed E-state index contributed by atoms with van der Waals surface area (Å²) in [6.07, 6.45) is 4.08. The van der Waals surface area contributed by atoms with Crippen LogP contribution in [0.1, 0.15) is 49.1 Å². The summed E-state index contributed by atoms with van der Waals surface area (Å²) >= 11 is 0. The van der Waals surface area contributed by atoms with Gasteiger partial charge in [0.25, 0.3) is 10.0 Å². The molecule has 2 fully saturated rings. The van der Waals surface area contributed by atoms with Crippen LogP contribution < -0.4 is 10.0 Å². The van der Waals surface area contributed by atoms with Crippen molar-refractivity contribution >= 4 is 21.7 Å². The Labute approximate surface area is 219 Å². The Morgan fingerprint density at radius 2 is 1.79 bits per heavy atom. The van der Waals surface area contributed by atoms with E-state index in [4.69, 9.17) is 0 Å². The van der Waals surface area contributed by atoms with Crippen LogP contribution in [0.3, 0.4) is 0 Å². The molecule has 0 bridgehead atoms. The van der Waals surface area contributed by atoms with E-state index < -0.39 is 21.8 Å². The number of nitrogens with zero attached hydrogens (tertiary/aromatic N) is 4. The van der Waals surface area contributed by atoms with Crippen LogP contribution in [-0.2, 0) is 16.2 Å². The van der Waals surface area contributed by atoms with E-state index in [0.717, 1.165) is 56.8 Å². The lowest BCUT2D eigenvalue weighted by molar-refractivity contribution is -0.137. The van der Waals surface area contributed by atoms with Gasteiger partial charge in [0.05, 0.1) is 5.56 Å².